The van der Waals surface area contributed by atoms with Crippen LogP contribution in [0.5, 0.6) is 11.5 Å². The Labute approximate surface area is 185 Å². The summed E-state index contributed by atoms with van der Waals surface area (Å²) < 4.78 is 115. The number of alkyl halides is 5. The smallest absolute Gasteiger partial charge is 0.423 e. The zero-order valence-electron chi connectivity index (χ0n) is 17.6. The molecule has 0 radical (unpaired) electrons. The lowest BCUT2D eigenvalue weighted by Crippen LogP contribution is -2.24. The zero-order chi connectivity index (χ0) is 24.4. The topological polar surface area (TPSA) is 18.5 Å². The summed E-state index contributed by atoms with van der Waals surface area (Å²) in [5, 5.41) is 0. The summed E-state index contributed by atoms with van der Waals surface area (Å²) >= 11 is 0. The number of benzene rings is 2. The highest BCUT2D eigenvalue weighted by atomic mass is 19.4. The van der Waals surface area contributed by atoms with Crippen LogP contribution >= 0.6 is 0 Å². The molecule has 2 nitrogen and oxygen atoms in total. The van der Waals surface area contributed by atoms with Crippen molar-refractivity contribution >= 4 is 0 Å². The van der Waals surface area contributed by atoms with Gasteiger partial charge >= 0.3 is 12.5 Å². The van der Waals surface area contributed by atoms with Crippen LogP contribution in [0.1, 0.15) is 50.2 Å². The number of aryl methyl sites for hydroxylation is 1. The number of ether oxygens (including phenoxy) is 2. The van der Waals surface area contributed by atoms with Crippen LogP contribution in [0.15, 0.2) is 30.3 Å². The Morgan fingerprint density at radius 2 is 1.42 bits per heavy atom. The van der Waals surface area contributed by atoms with Crippen molar-refractivity contribution in [2.75, 3.05) is 0 Å². The Kier molecular flexibility index (Phi) is 7.43. The van der Waals surface area contributed by atoms with Crippen molar-refractivity contribution in [3.05, 3.63) is 58.9 Å². The Morgan fingerprint density at radius 1 is 0.818 bits per heavy atom. The maximum Gasteiger partial charge on any atom is 0.573 e. The average Bonchev–Trinajstić information content (AvgIpc) is 2.71. The van der Waals surface area contributed by atoms with Gasteiger partial charge in [0.1, 0.15) is 0 Å². The Balaban J connectivity index is 1.71. The van der Waals surface area contributed by atoms with E-state index in [-0.39, 0.29) is 6.07 Å². The minimum atomic E-state index is -5.23. The molecule has 0 unspecified atom stereocenters. The molecule has 0 bridgehead atoms. The van der Waals surface area contributed by atoms with Crippen molar-refractivity contribution in [1.29, 1.82) is 0 Å². The summed E-state index contributed by atoms with van der Waals surface area (Å²) in [5.41, 5.74) is -0.956. The molecule has 0 aromatic heterocycles. The van der Waals surface area contributed by atoms with E-state index in [1.165, 1.54) is 0 Å². The van der Waals surface area contributed by atoms with E-state index in [9.17, 15) is 35.1 Å². The largest absolute Gasteiger partial charge is 0.573 e. The molecule has 0 saturated heterocycles. The molecule has 1 fully saturated rings. The summed E-state index contributed by atoms with van der Waals surface area (Å²) in [5.74, 6) is -6.08. The molecule has 2 aromatic rings. The van der Waals surface area contributed by atoms with Crippen LogP contribution in [-0.4, -0.2) is 6.36 Å². The molecule has 2 aromatic carbocycles. The van der Waals surface area contributed by atoms with Gasteiger partial charge in [-0.15, -0.1) is 13.2 Å². The molecule has 0 spiro atoms. The van der Waals surface area contributed by atoms with Crippen LogP contribution < -0.4 is 9.47 Å². The quantitative estimate of drug-likeness (QED) is 0.374. The van der Waals surface area contributed by atoms with Crippen molar-refractivity contribution in [2.45, 2.75) is 57.9 Å². The minimum absolute atomic E-state index is 0.0380. The van der Waals surface area contributed by atoms with E-state index in [0.29, 0.717) is 42.4 Å². The summed E-state index contributed by atoms with van der Waals surface area (Å²) in [6, 6.07) is 2.56. The average molecular weight is 482 g/mol. The third kappa shape index (κ3) is 6.74. The molecular weight excluding hydrogens is 460 g/mol. The molecule has 3 rings (SSSR count). The van der Waals surface area contributed by atoms with Crippen molar-refractivity contribution < 1.29 is 44.6 Å². The minimum Gasteiger partial charge on any atom is -0.423 e. The van der Waals surface area contributed by atoms with Crippen LogP contribution in [0.4, 0.5) is 35.1 Å². The highest BCUT2D eigenvalue weighted by Crippen LogP contribution is 2.37. The number of hydrogen-bond acceptors (Lipinski definition) is 2. The van der Waals surface area contributed by atoms with Gasteiger partial charge in [-0.25, -0.2) is 13.2 Å². The molecule has 0 aliphatic heterocycles. The van der Waals surface area contributed by atoms with E-state index >= 15 is 0 Å². The Morgan fingerprint density at radius 3 is 1.97 bits per heavy atom. The van der Waals surface area contributed by atoms with E-state index in [1.54, 1.807) is 0 Å². The van der Waals surface area contributed by atoms with E-state index in [4.69, 9.17) is 0 Å². The van der Waals surface area contributed by atoms with Crippen molar-refractivity contribution in [1.82, 2.24) is 0 Å². The predicted molar refractivity (Wildman–Crippen MR) is 103 cm³/mol. The van der Waals surface area contributed by atoms with Crippen LogP contribution in [0.2, 0.25) is 0 Å². The lowest BCUT2D eigenvalue weighted by Gasteiger charge is -2.26. The maximum absolute atomic E-state index is 14.4. The number of rotatable bonds is 7. The fraction of sp³-hybridized carbons (Fsp3) is 0.478. The SMILES string of the molecule is CC1CCC(CCc2cc(F)c(OC(F)(F)c3ccc(OC(F)(F)F)c(F)c3)c(F)c2)CC1. The monoisotopic (exact) mass is 482 g/mol. The first kappa shape index (κ1) is 25.1. The van der Waals surface area contributed by atoms with Gasteiger partial charge in [-0.1, -0.05) is 32.6 Å². The lowest BCUT2D eigenvalue weighted by molar-refractivity contribution is -0.275. The second-order valence-corrected chi connectivity index (χ2v) is 8.37. The first-order valence-corrected chi connectivity index (χ1v) is 10.4. The standard InChI is InChI=1S/C23H22F8O2/c1-13-2-4-14(5-3-13)6-7-15-10-18(25)21(19(26)11-15)33-22(27,28)16-8-9-20(17(24)12-16)32-23(29,30)31/h8-14H,2-7H2,1H3. The van der Waals surface area contributed by atoms with Gasteiger partial charge in [-0.3, -0.25) is 0 Å². The highest BCUT2D eigenvalue weighted by Gasteiger charge is 2.39. The maximum atomic E-state index is 14.4. The van der Waals surface area contributed by atoms with Gasteiger partial charge in [-0.2, -0.15) is 8.78 Å². The van der Waals surface area contributed by atoms with Crippen LogP contribution in [0, 0.1) is 29.3 Å². The van der Waals surface area contributed by atoms with Gasteiger partial charge in [0.2, 0.25) is 0 Å². The van der Waals surface area contributed by atoms with Crippen LogP contribution in [0.3, 0.4) is 0 Å². The molecule has 1 aliphatic carbocycles. The molecule has 1 aliphatic rings. The molecule has 33 heavy (non-hydrogen) atoms. The summed E-state index contributed by atoms with van der Waals surface area (Å²) in [4.78, 5) is 0. The van der Waals surface area contributed by atoms with E-state index in [2.05, 4.69) is 16.4 Å². The second-order valence-electron chi connectivity index (χ2n) is 8.37. The molecule has 1 saturated carbocycles. The van der Waals surface area contributed by atoms with Crippen LogP contribution in [0.25, 0.3) is 0 Å². The predicted octanol–water partition coefficient (Wildman–Crippen LogP) is 7.89. The van der Waals surface area contributed by atoms with E-state index in [1.807, 2.05) is 0 Å². The number of hydrogen-bond donors (Lipinski definition) is 0. The molecule has 0 heterocycles. The zero-order valence-corrected chi connectivity index (χ0v) is 17.6. The fourth-order valence-corrected chi connectivity index (χ4v) is 3.92. The second kappa shape index (κ2) is 9.77. The van der Waals surface area contributed by atoms with Gasteiger partial charge in [0.15, 0.2) is 29.0 Å². The van der Waals surface area contributed by atoms with Gasteiger partial charge in [0.25, 0.3) is 0 Å². The fourth-order valence-electron chi connectivity index (χ4n) is 3.92. The van der Waals surface area contributed by atoms with Crippen molar-refractivity contribution in [2.24, 2.45) is 11.8 Å². The van der Waals surface area contributed by atoms with Gasteiger partial charge in [-0.05, 0) is 60.6 Å². The molecule has 10 heteroatoms. The van der Waals surface area contributed by atoms with E-state index < -0.39 is 47.0 Å². The first-order valence-electron chi connectivity index (χ1n) is 10.4. The first-order chi connectivity index (χ1) is 15.3. The van der Waals surface area contributed by atoms with Crippen molar-refractivity contribution in [3.8, 4) is 11.5 Å². The third-order valence-electron chi connectivity index (χ3n) is 5.76. The third-order valence-corrected chi connectivity index (χ3v) is 5.76. The van der Waals surface area contributed by atoms with Gasteiger partial charge < -0.3 is 9.47 Å². The number of halogens is 8. The summed E-state index contributed by atoms with van der Waals surface area (Å²) in [7, 11) is 0. The van der Waals surface area contributed by atoms with Crippen LogP contribution in [-0.2, 0) is 12.5 Å². The van der Waals surface area contributed by atoms with Crippen molar-refractivity contribution in [3.63, 3.8) is 0 Å². The summed E-state index contributed by atoms with van der Waals surface area (Å²) in [6.07, 6.45) is -4.32. The lowest BCUT2D eigenvalue weighted by atomic mass is 9.80. The Hall–Kier alpha value is -2.52. The summed E-state index contributed by atoms with van der Waals surface area (Å²) in [6.45, 7) is 2.18. The highest BCUT2D eigenvalue weighted by molar-refractivity contribution is 5.34. The van der Waals surface area contributed by atoms with Gasteiger partial charge in [0, 0.05) is 0 Å². The normalized spacial score (nSPS) is 19.4. The molecule has 0 amide bonds. The van der Waals surface area contributed by atoms with E-state index in [0.717, 1.165) is 37.8 Å². The Bertz CT molecular complexity index is 942. The molecule has 182 valence electrons. The molecule has 0 atom stereocenters. The molecular formula is C23H22F8O2. The molecule has 0 N–H and O–H groups in total. The van der Waals surface area contributed by atoms with Gasteiger partial charge in [0.05, 0.1) is 5.56 Å².